The number of aryl methyl sites for hydroxylation is 1. The first-order valence-electron chi connectivity index (χ1n) is 10.3. The molecule has 3 aromatic rings. The molecule has 0 atom stereocenters. The van der Waals surface area contributed by atoms with Gasteiger partial charge < -0.3 is 14.4 Å². The summed E-state index contributed by atoms with van der Waals surface area (Å²) in [4.78, 5) is 2.34. The summed E-state index contributed by atoms with van der Waals surface area (Å²) >= 11 is 0. The zero-order valence-electron chi connectivity index (χ0n) is 18.4. The molecule has 30 heavy (non-hydrogen) atoms. The fraction of sp³-hybridized carbons (Fsp3) is 0.259. The standard InChI is InChI=1S/C27H29NO2/c1-19-10-12-21(13-11-19)18-30-22-14-15-26(29-5)25(16-22)28-24-9-7-6-8-23(24)20(2)17-27(28,3)4/h6-17H,18H2,1-5H3. The van der Waals surface area contributed by atoms with E-state index in [2.05, 4.69) is 93.3 Å². The van der Waals surface area contributed by atoms with E-state index in [4.69, 9.17) is 9.47 Å². The van der Waals surface area contributed by atoms with Crippen LogP contribution in [0.4, 0.5) is 11.4 Å². The Labute approximate surface area is 179 Å². The molecule has 3 heteroatoms. The molecule has 1 heterocycles. The number of fused-ring (bicyclic) bond motifs is 1. The van der Waals surface area contributed by atoms with E-state index in [-0.39, 0.29) is 5.54 Å². The number of anilines is 2. The number of ether oxygens (including phenoxy) is 2. The first kappa shape index (κ1) is 20.1. The molecule has 0 saturated heterocycles. The van der Waals surface area contributed by atoms with Crippen molar-refractivity contribution in [2.75, 3.05) is 12.0 Å². The van der Waals surface area contributed by atoms with Crippen LogP contribution in [0.1, 0.15) is 37.5 Å². The second-order valence-electron chi connectivity index (χ2n) is 8.44. The van der Waals surface area contributed by atoms with Crippen LogP contribution in [0.15, 0.2) is 72.8 Å². The van der Waals surface area contributed by atoms with Crippen molar-refractivity contribution in [3.8, 4) is 11.5 Å². The van der Waals surface area contributed by atoms with E-state index < -0.39 is 0 Å². The molecule has 0 radical (unpaired) electrons. The maximum atomic E-state index is 6.14. The normalized spacial score (nSPS) is 14.7. The van der Waals surface area contributed by atoms with Crippen molar-refractivity contribution in [3.05, 3.63) is 89.5 Å². The number of para-hydroxylation sites is 1. The first-order valence-corrected chi connectivity index (χ1v) is 10.3. The zero-order valence-corrected chi connectivity index (χ0v) is 18.4. The van der Waals surface area contributed by atoms with Crippen molar-refractivity contribution >= 4 is 16.9 Å². The summed E-state index contributed by atoms with van der Waals surface area (Å²) in [5, 5.41) is 0. The van der Waals surface area contributed by atoms with Crippen LogP contribution >= 0.6 is 0 Å². The molecule has 1 aliphatic rings. The highest BCUT2D eigenvalue weighted by Crippen LogP contribution is 2.47. The van der Waals surface area contributed by atoms with Gasteiger partial charge in [0.1, 0.15) is 18.1 Å². The Kier molecular flexibility index (Phi) is 5.29. The minimum atomic E-state index is -0.207. The fourth-order valence-electron chi connectivity index (χ4n) is 4.21. The number of methoxy groups -OCH3 is 1. The van der Waals surface area contributed by atoms with Crippen LogP contribution in [-0.4, -0.2) is 12.6 Å². The van der Waals surface area contributed by atoms with Crippen LogP contribution in [0, 0.1) is 6.92 Å². The van der Waals surface area contributed by atoms with Crippen molar-refractivity contribution in [1.82, 2.24) is 0 Å². The maximum absolute atomic E-state index is 6.14. The van der Waals surface area contributed by atoms with Gasteiger partial charge in [0.05, 0.1) is 18.3 Å². The van der Waals surface area contributed by atoms with Crippen molar-refractivity contribution < 1.29 is 9.47 Å². The number of benzene rings is 3. The summed E-state index contributed by atoms with van der Waals surface area (Å²) in [6.07, 6.45) is 2.31. The Morgan fingerprint density at radius 2 is 1.60 bits per heavy atom. The first-order chi connectivity index (χ1) is 14.4. The van der Waals surface area contributed by atoms with Crippen LogP contribution < -0.4 is 14.4 Å². The Hall–Kier alpha value is -3.20. The molecule has 0 aromatic heterocycles. The topological polar surface area (TPSA) is 21.7 Å². The summed E-state index contributed by atoms with van der Waals surface area (Å²) in [7, 11) is 1.72. The van der Waals surface area contributed by atoms with E-state index in [1.54, 1.807) is 7.11 Å². The molecule has 0 fully saturated rings. The molecule has 3 nitrogen and oxygen atoms in total. The number of hydrogen-bond acceptors (Lipinski definition) is 3. The van der Waals surface area contributed by atoms with E-state index in [9.17, 15) is 0 Å². The van der Waals surface area contributed by atoms with Gasteiger partial charge in [0, 0.05) is 17.3 Å². The van der Waals surface area contributed by atoms with Gasteiger partial charge in [0.15, 0.2) is 0 Å². The lowest BCUT2D eigenvalue weighted by Gasteiger charge is -2.43. The van der Waals surface area contributed by atoms with Crippen LogP contribution in [0.5, 0.6) is 11.5 Å². The Morgan fingerprint density at radius 3 is 2.33 bits per heavy atom. The fourth-order valence-corrected chi connectivity index (χ4v) is 4.21. The predicted octanol–water partition coefficient (Wildman–Crippen LogP) is 6.92. The third kappa shape index (κ3) is 3.80. The molecule has 4 rings (SSSR count). The van der Waals surface area contributed by atoms with Crippen molar-refractivity contribution in [2.45, 2.75) is 39.8 Å². The van der Waals surface area contributed by atoms with Gasteiger partial charge in [0.25, 0.3) is 0 Å². The van der Waals surface area contributed by atoms with Gasteiger partial charge in [-0.05, 0) is 57.0 Å². The van der Waals surface area contributed by atoms with E-state index >= 15 is 0 Å². The Balaban J connectivity index is 1.72. The zero-order chi connectivity index (χ0) is 21.3. The molecular formula is C27H29NO2. The summed E-state index contributed by atoms with van der Waals surface area (Å²) < 4.78 is 11.9. The van der Waals surface area contributed by atoms with Gasteiger partial charge in [-0.15, -0.1) is 0 Å². The van der Waals surface area contributed by atoms with E-state index in [1.807, 2.05) is 12.1 Å². The van der Waals surface area contributed by atoms with Crippen molar-refractivity contribution in [3.63, 3.8) is 0 Å². The number of hydrogen-bond donors (Lipinski definition) is 0. The molecule has 0 aliphatic carbocycles. The summed E-state index contributed by atoms with van der Waals surface area (Å²) in [6.45, 7) is 9.26. The Bertz CT molecular complexity index is 1080. The minimum absolute atomic E-state index is 0.207. The van der Waals surface area contributed by atoms with E-state index in [0.717, 1.165) is 22.7 Å². The van der Waals surface area contributed by atoms with Crippen molar-refractivity contribution in [1.29, 1.82) is 0 Å². The molecule has 0 spiro atoms. The highest BCUT2D eigenvalue weighted by molar-refractivity contribution is 5.87. The monoisotopic (exact) mass is 399 g/mol. The van der Waals surface area contributed by atoms with Crippen LogP contribution in [0.25, 0.3) is 5.57 Å². The summed E-state index contributed by atoms with van der Waals surface area (Å²) in [5.41, 5.74) is 6.90. The molecule has 0 unspecified atom stereocenters. The van der Waals surface area contributed by atoms with Crippen molar-refractivity contribution in [2.24, 2.45) is 0 Å². The lowest BCUT2D eigenvalue weighted by atomic mass is 9.88. The highest BCUT2D eigenvalue weighted by atomic mass is 16.5. The highest BCUT2D eigenvalue weighted by Gasteiger charge is 2.34. The molecule has 0 saturated carbocycles. The maximum Gasteiger partial charge on any atom is 0.142 e. The van der Waals surface area contributed by atoms with E-state index in [0.29, 0.717) is 6.61 Å². The van der Waals surface area contributed by atoms with Gasteiger partial charge >= 0.3 is 0 Å². The lowest BCUT2D eigenvalue weighted by molar-refractivity contribution is 0.305. The third-order valence-corrected chi connectivity index (χ3v) is 5.63. The summed E-state index contributed by atoms with van der Waals surface area (Å²) in [5.74, 6) is 1.65. The van der Waals surface area contributed by atoms with Crippen LogP contribution in [0.3, 0.4) is 0 Å². The molecule has 0 bridgehead atoms. The number of allylic oxidation sites excluding steroid dienone is 1. The second kappa shape index (κ2) is 7.91. The minimum Gasteiger partial charge on any atom is -0.495 e. The summed E-state index contributed by atoms with van der Waals surface area (Å²) in [6, 6.07) is 23.0. The average Bonchev–Trinajstić information content (AvgIpc) is 2.73. The smallest absolute Gasteiger partial charge is 0.142 e. The molecule has 3 aromatic carbocycles. The molecular weight excluding hydrogens is 370 g/mol. The van der Waals surface area contributed by atoms with Gasteiger partial charge in [-0.1, -0.05) is 54.1 Å². The molecule has 1 aliphatic heterocycles. The van der Waals surface area contributed by atoms with Gasteiger partial charge in [0.2, 0.25) is 0 Å². The number of rotatable bonds is 5. The molecule has 154 valence electrons. The SMILES string of the molecule is COc1ccc(OCc2ccc(C)cc2)cc1N1c2ccccc2C(C)=CC1(C)C. The molecule has 0 amide bonds. The second-order valence-corrected chi connectivity index (χ2v) is 8.44. The molecule has 0 N–H and O–H groups in total. The quantitative estimate of drug-likeness (QED) is 0.465. The Morgan fingerprint density at radius 1 is 0.867 bits per heavy atom. The number of nitrogens with zero attached hydrogens (tertiary/aromatic N) is 1. The van der Waals surface area contributed by atoms with Gasteiger partial charge in [-0.2, -0.15) is 0 Å². The third-order valence-electron chi connectivity index (χ3n) is 5.63. The van der Waals surface area contributed by atoms with Gasteiger partial charge in [-0.25, -0.2) is 0 Å². The predicted molar refractivity (Wildman–Crippen MR) is 125 cm³/mol. The largest absolute Gasteiger partial charge is 0.495 e. The van der Waals surface area contributed by atoms with Crippen LogP contribution in [-0.2, 0) is 6.61 Å². The lowest BCUT2D eigenvalue weighted by Crippen LogP contribution is -2.41. The van der Waals surface area contributed by atoms with Crippen LogP contribution in [0.2, 0.25) is 0 Å². The van der Waals surface area contributed by atoms with E-state index in [1.165, 1.54) is 22.4 Å². The average molecular weight is 400 g/mol. The van der Waals surface area contributed by atoms with Gasteiger partial charge in [-0.3, -0.25) is 0 Å².